The first kappa shape index (κ1) is 9.58. The SMILES string of the molecule is C=[C]c1ccc(I)c(OCC)c1. The highest BCUT2D eigenvalue weighted by atomic mass is 127. The summed E-state index contributed by atoms with van der Waals surface area (Å²) in [5.41, 5.74) is 0.971. The Kier molecular flexibility index (Phi) is 3.59. The zero-order chi connectivity index (χ0) is 8.97. The summed E-state index contributed by atoms with van der Waals surface area (Å²) in [5, 5.41) is 0. The Balaban J connectivity index is 2.99. The summed E-state index contributed by atoms with van der Waals surface area (Å²) in [6.45, 7) is 6.24. The largest absolute Gasteiger partial charge is 0.493 e. The molecule has 1 rings (SSSR count). The van der Waals surface area contributed by atoms with E-state index in [-0.39, 0.29) is 0 Å². The number of hydrogen-bond donors (Lipinski definition) is 0. The molecule has 0 aliphatic rings. The second-order valence-corrected chi connectivity index (χ2v) is 3.42. The smallest absolute Gasteiger partial charge is 0.133 e. The van der Waals surface area contributed by atoms with E-state index in [4.69, 9.17) is 4.74 Å². The molecule has 0 spiro atoms. The van der Waals surface area contributed by atoms with Gasteiger partial charge in [0.05, 0.1) is 10.2 Å². The van der Waals surface area contributed by atoms with Crippen LogP contribution in [-0.2, 0) is 0 Å². The molecule has 0 saturated carbocycles. The Hall–Kier alpha value is -0.510. The number of hydrogen-bond acceptors (Lipinski definition) is 1. The summed E-state index contributed by atoms with van der Waals surface area (Å²) in [4.78, 5) is 0. The Morgan fingerprint density at radius 1 is 1.58 bits per heavy atom. The maximum atomic E-state index is 5.40. The molecule has 1 nitrogen and oxygen atoms in total. The Labute approximate surface area is 86.6 Å². The van der Waals surface area contributed by atoms with Crippen molar-refractivity contribution in [2.45, 2.75) is 6.92 Å². The molecule has 2 heteroatoms. The molecule has 0 saturated heterocycles. The highest BCUT2D eigenvalue weighted by molar-refractivity contribution is 14.1. The molecule has 0 aliphatic carbocycles. The van der Waals surface area contributed by atoms with Gasteiger partial charge >= 0.3 is 0 Å². The number of halogens is 1. The monoisotopic (exact) mass is 273 g/mol. The van der Waals surface area contributed by atoms with E-state index in [1.807, 2.05) is 25.1 Å². The molecule has 0 bridgehead atoms. The molecule has 1 aromatic carbocycles. The van der Waals surface area contributed by atoms with Crippen LogP contribution in [0, 0.1) is 9.65 Å². The minimum absolute atomic E-state index is 0.691. The topological polar surface area (TPSA) is 9.23 Å². The lowest BCUT2D eigenvalue weighted by Gasteiger charge is -2.05. The van der Waals surface area contributed by atoms with Crippen LogP contribution in [0.4, 0.5) is 0 Å². The first-order valence-electron chi connectivity index (χ1n) is 3.73. The fraction of sp³-hybridized carbons (Fsp3) is 0.200. The summed E-state index contributed by atoms with van der Waals surface area (Å²) >= 11 is 2.24. The minimum Gasteiger partial charge on any atom is -0.493 e. The van der Waals surface area contributed by atoms with Crippen LogP contribution < -0.4 is 4.74 Å². The van der Waals surface area contributed by atoms with Gasteiger partial charge in [-0.15, -0.1) is 0 Å². The van der Waals surface area contributed by atoms with Crippen molar-refractivity contribution in [1.29, 1.82) is 0 Å². The van der Waals surface area contributed by atoms with Gasteiger partial charge in [0, 0.05) is 0 Å². The van der Waals surface area contributed by atoms with Crippen molar-refractivity contribution in [3.8, 4) is 5.75 Å². The molecule has 0 unspecified atom stereocenters. The van der Waals surface area contributed by atoms with E-state index in [9.17, 15) is 0 Å². The summed E-state index contributed by atoms with van der Waals surface area (Å²) in [7, 11) is 0. The van der Waals surface area contributed by atoms with Gasteiger partial charge in [-0.3, -0.25) is 0 Å². The Morgan fingerprint density at radius 2 is 2.33 bits per heavy atom. The van der Waals surface area contributed by atoms with Gasteiger partial charge in [-0.1, -0.05) is 12.6 Å². The number of ether oxygens (including phenoxy) is 1. The number of benzene rings is 1. The minimum atomic E-state index is 0.691. The fourth-order valence-corrected chi connectivity index (χ4v) is 1.37. The zero-order valence-corrected chi connectivity index (χ0v) is 9.09. The van der Waals surface area contributed by atoms with Gasteiger partial charge in [-0.25, -0.2) is 0 Å². The van der Waals surface area contributed by atoms with E-state index in [2.05, 4.69) is 35.2 Å². The van der Waals surface area contributed by atoms with Crippen molar-refractivity contribution in [3.63, 3.8) is 0 Å². The lowest BCUT2D eigenvalue weighted by atomic mass is 10.2. The molecule has 0 fully saturated rings. The van der Waals surface area contributed by atoms with Gasteiger partial charge in [0.15, 0.2) is 0 Å². The van der Waals surface area contributed by atoms with Gasteiger partial charge in [-0.2, -0.15) is 0 Å². The van der Waals surface area contributed by atoms with Crippen LogP contribution in [0.15, 0.2) is 24.8 Å². The van der Waals surface area contributed by atoms with Gasteiger partial charge in [-0.05, 0) is 53.3 Å². The second-order valence-electron chi connectivity index (χ2n) is 2.25. The van der Waals surface area contributed by atoms with Crippen LogP contribution in [-0.4, -0.2) is 6.61 Å². The van der Waals surface area contributed by atoms with Crippen molar-refractivity contribution >= 4 is 22.6 Å². The molecule has 63 valence electrons. The first-order valence-corrected chi connectivity index (χ1v) is 4.81. The molecular weight excluding hydrogens is 263 g/mol. The van der Waals surface area contributed by atoms with Crippen LogP contribution >= 0.6 is 22.6 Å². The third-order valence-corrected chi connectivity index (χ3v) is 2.33. The van der Waals surface area contributed by atoms with Gasteiger partial charge < -0.3 is 4.74 Å². The molecule has 0 aromatic heterocycles. The van der Waals surface area contributed by atoms with Crippen LogP contribution in [0.25, 0.3) is 0 Å². The molecule has 1 aromatic rings. The summed E-state index contributed by atoms with van der Waals surface area (Å²) in [5.74, 6) is 0.909. The van der Waals surface area contributed by atoms with Crippen molar-refractivity contribution in [2.24, 2.45) is 0 Å². The molecule has 12 heavy (non-hydrogen) atoms. The highest BCUT2D eigenvalue weighted by Gasteiger charge is 1.99. The average molecular weight is 273 g/mol. The standard InChI is InChI=1S/C10H10IO/c1-3-8-5-6-9(11)10(7-8)12-4-2/h5-7H,1,4H2,2H3. The third kappa shape index (κ3) is 2.24. The van der Waals surface area contributed by atoms with Crippen LogP contribution in [0.1, 0.15) is 12.5 Å². The van der Waals surface area contributed by atoms with E-state index in [1.165, 1.54) is 0 Å². The summed E-state index contributed by atoms with van der Waals surface area (Å²) in [6.07, 6.45) is 2.82. The lowest BCUT2D eigenvalue weighted by molar-refractivity contribution is 0.337. The van der Waals surface area contributed by atoms with Crippen molar-refractivity contribution in [2.75, 3.05) is 6.61 Å². The van der Waals surface area contributed by atoms with Crippen LogP contribution in [0.3, 0.4) is 0 Å². The fourth-order valence-electron chi connectivity index (χ4n) is 0.879. The molecule has 1 radical (unpaired) electrons. The van der Waals surface area contributed by atoms with Crippen LogP contribution in [0.2, 0.25) is 0 Å². The molecule has 0 atom stereocenters. The second kappa shape index (κ2) is 4.50. The Morgan fingerprint density at radius 3 is 2.92 bits per heavy atom. The molecule has 0 heterocycles. The molecule has 0 amide bonds. The lowest BCUT2D eigenvalue weighted by Crippen LogP contribution is -1.94. The normalized spacial score (nSPS) is 9.50. The van der Waals surface area contributed by atoms with E-state index in [0.717, 1.165) is 14.9 Å². The van der Waals surface area contributed by atoms with E-state index >= 15 is 0 Å². The van der Waals surface area contributed by atoms with Crippen LogP contribution in [0.5, 0.6) is 5.75 Å². The van der Waals surface area contributed by atoms with Gasteiger partial charge in [0.1, 0.15) is 5.75 Å². The highest BCUT2D eigenvalue weighted by Crippen LogP contribution is 2.22. The molecule has 0 aliphatic heterocycles. The quantitative estimate of drug-likeness (QED) is 0.769. The predicted molar refractivity (Wildman–Crippen MR) is 58.3 cm³/mol. The summed E-state index contributed by atoms with van der Waals surface area (Å²) in [6, 6.07) is 5.91. The Bertz CT molecular complexity index is 281. The van der Waals surface area contributed by atoms with Gasteiger partial charge in [0.25, 0.3) is 0 Å². The van der Waals surface area contributed by atoms with Crippen molar-refractivity contribution in [1.82, 2.24) is 0 Å². The first-order chi connectivity index (χ1) is 5.77. The van der Waals surface area contributed by atoms with Gasteiger partial charge in [0.2, 0.25) is 0 Å². The molecule has 0 N–H and O–H groups in total. The maximum Gasteiger partial charge on any atom is 0.133 e. The van der Waals surface area contributed by atoms with E-state index < -0.39 is 0 Å². The van der Waals surface area contributed by atoms with E-state index in [0.29, 0.717) is 6.61 Å². The van der Waals surface area contributed by atoms with Crippen molar-refractivity contribution in [3.05, 3.63) is 40.0 Å². The maximum absolute atomic E-state index is 5.40. The third-order valence-electron chi connectivity index (χ3n) is 1.44. The van der Waals surface area contributed by atoms with Crippen molar-refractivity contribution < 1.29 is 4.74 Å². The average Bonchev–Trinajstić information content (AvgIpc) is 2.09. The zero-order valence-electron chi connectivity index (χ0n) is 6.93. The summed E-state index contributed by atoms with van der Waals surface area (Å²) < 4.78 is 6.52. The molecular formula is C10H10IO. The number of rotatable bonds is 3. The van der Waals surface area contributed by atoms with E-state index in [1.54, 1.807) is 0 Å². The predicted octanol–water partition coefficient (Wildman–Crippen LogP) is 3.03.